The lowest BCUT2D eigenvalue weighted by Crippen LogP contribution is -2.45. The highest BCUT2D eigenvalue weighted by atomic mass is 16.3. The molecule has 1 amide bonds. The van der Waals surface area contributed by atoms with E-state index in [0.29, 0.717) is 6.42 Å². The van der Waals surface area contributed by atoms with E-state index in [-0.39, 0.29) is 12.5 Å². The number of hydrogen-bond donors (Lipinski definition) is 3. The van der Waals surface area contributed by atoms with Gasteiger partial charge >= 0.3 is 0 Å². The molecule has 0 heterocycles. The van der Waals surface area contributed by atoms with Crippen LogP contribution in [0.1, 0.15) is 322 Å². The normalized spacial score (nSPS) is 13.3. The van der Waals surface area contributed by atoms with Gasteiger partial charge in [0, 0.05) is 6.42 Å². The van der Waals surface area contributed by atoms with Crippen LogP contribution in [-0.2, 0) is 4.79 Å². The van der Waals surface area contributed by atoms with Crippen LogP contribution >= 0.6 is 0 Å². The van der Waals surface area contributed by atoms with Gasteiger partial charge in [0.25, 0.3) is 0 Å². The lowest BCUT2D eigenvalue weighted by Gasteiger charge is -2.19. The molecule has 0 radical (unpaired) electrons. The molecule has 0 spiro atoms. The highest BCUT2D eigenvalue weighted by molar-refractivity contribution is 5.76. The molecule has 70 heavy (non-hydrogen) atoms. The number of carbonyl (C=O) groups is 1. The molecule has 0 aromatic carbocycles. The summed E-state index contributed by atoms with van der Waals surface area (Å²) in [7, 11) is 0. The number of hydrogen-bond acceptors (Lipinski definition) is 3. The first-order valence-electron chi connectivity index (χ1n) is 31.2. The maximum Gasteiger partial charge on any atom is 0.220 e. The van der Waals surface area contributed by atoms with Gasteiger partial charge in [-0.05, 0) is 70.6 Å². The van der Waals surface area contributed by atoms with Gasteiger partial charge in [0.2, 0.25) is 5.91 Å². The topological polar surface area (TPSA) is 69.6 Å². The monoisotopic (exact) mass is 976 g/mol. The first-order valence-corrected chi connectivity index (χ1v) is 31.2. The van der Waals surface area contributed by atoms with Crippen LogP contribution in [0.15, 0.2) is 72.9 Å². The van der Waals surface area contributed by atoms with Crippen molar-refractivity contribution in [2.24, 2.45) is 0 Å². The van der Waals surface area contributed by atoms with Crippen LogP contribution < -0.4 is 5.32 Å². The summed E-state index contributed by atoms with van der Waals surface area (Å²) in [6.07, 6.45) is 88.2. The van der Waals surface area contributed by atoms with Crippen LogP contribution in [0.25, 0.3) is 0 Å². The van der Waals surface area contributed by atoms with Crippen molar-refractivity contribution in [3.63, 3.8) is 0 Å². The summed E-state index contributed by atoms with van der Waals surface area (Å²) < 4.78 is 0. The SMILES string of the molecule is CC/C=C\C/C=C\C/C=C\C/C=C\CCCCCCCCCCCCCCCCCCCCCCCCCCCCCCC(=O)NC(CO)C(O)/C=C/CC/C=C/CCCCCCCCCCCCC. The summed E-state index contributed by atoms with van der Waals surface area (Å²) in [6, 6.07) is -0.639. The molecular formula is C66H121NO3. The Hall–Kier alpha value is -2.17. The Balaban J connectivity index is 3.41. The van der Waals surface area contributed by atoms with Crippen molar-refractivity contribution in [2.75, 3.05) is 6.61 Å². The number of nitrogens with one attached hydrogen (secondary N) is 1. The molecule has 3 N–H and O–H groups in total. The van der Waals surface area contributed by atoms with Gasteiger partial charge in [-0.15, -0.1) is 0 Å². The number of aliphatic hydroxyl groups is 2. The Morgan fingerprint density at radius 3 is 1.00 bits per heavy atom. The summed E-state index contributed by atoms with van der Waals surface area (Å²) >= 11 is 0. The molecule has 0 saturated heterocycles. The predicted octanol–water partition coefficient (Wildman–Crippen LogP) is 20.9. The van der Waals surface area contributed by atoms with Crippen molar-refractivity contribution in [2.45, 2.75) is 334 Å². The van der Waals surface area contributed by atoms with Crippen LogP contribution in [-0.4, -0.2) is 34.9 Å². The van der Waals surface area contributed by atoms with E-state index in [1.54, 1.807) is 6.08 Å². The minimum atomic E-state index is -0.862. The quantitative estimate of drug-likeness (QED) is 0.0420. The summed E-state index contributed by atoms with van der Waals surface area (Å²) in [4.78, 5) is 12.5. The molecule has 0 bridgehead atoms. The fraction of sp³-hybridized carbons (Fsp3) is 0.803. The second-order valence-corrected chi connectivity index (χ2v) is 21.1. The minimum Gasteiger partial charge on any atom is -0.394 e. The van der Waals surface area contributed by atoms with Crippen molar-refractivity contribution >= 4 is 5.91 Å². The zero-order valence-electron chi connectivity index (χ0n) is 47.0. The summed E-state index contributed by atoms with van der Waals surface area (Å²) in [6.45, 7) is 4.20. The van der Waals surface area contributed by atoms with E-state index in [4.69, 9.17) is 0 Å². The molecule has 2 atom stereocenters. The second-order valence-electron chi connectivity index (χ2n) is 21.1. The average Bonchev–Trinajstić information content (AvgIpc) is 3.36. The van der Waals surface area contributed by atoms with E-state index in [0.717, 1.165) is 57.8 Å². The first-order chi connectivity index (χ1) is 34.7. The standard InChI is InChI=1S/C66H121NO3/c1-3-5-7-9-11-13-15-17-19-21-22-23-24-25-26-27-28-29-30-31-32-33-34-35-36-37-38-39-40-41-42-43-44-46-48-50-52-54-56-58-60-62-66(70)67-64(63-68)65(69)61-59-57-55-53-51-49-47-45-20-18-16-14-12-10-8-6-4-2/h5,7,11,13,17,19,22-23,51,53,59,61,64-65,68-69H,3-4,6,8-10,12,14-16,18,20-21,24-50,52,54-58,60,62-63H2,1-2H3,(H,67,70)/b7-5-,13-11-,19-17-,23-22-,53-51+,61-59+. The van der Waals surface area contributed by atoms with Crippen molar-refractivity contribution in [1.29, 1.82) is 0 Å². The number of aliphatic hydroxyl groups excluding tert-OH is 2. The van der Waals surface area contributed by atoms with Gasteiger partial charge in [-0.1, -0.05) is 318 Å². The van der Waals surface area contributed by atoms with Crippen molar-refractivity contribution in [1.82, 2.24) is 5.32 Å². The Morgan fingerprint density at radius 2 is 0.643 bits per heavy atom. The van der Waals surface area contributed by atoms with E-state index >= 15 is 0 Å². The van der Waals surface area contributed by atoms with Crippen molar-refractivity contribution < 1.29 is 15.0 Å². The van der Waals surface area contributed by atoms with Crippen LogP contribution in [0.5, 0.6) is 0 Å². The molecule has 4 heteroatoms. The minimum absolute atomic E-state index is 0.0691. The second kappa shape index (κ2) is 61.1. The Kier molecular flexibility index (Phi) is 59.2. The van der Waals surface area contributed by atoms with Crippen LogP contribution in [0.4, 0.5) is 0 Å². The molecule has 0 saturated carbocycles. The van der Waals surface area contributed by atoms with Crippen LogP contribution in [0.2, 0.25) is 0 Å². The lowest BCUT2D eigenvalue weighted by atomic mass is 10.0. The fourth-order valence-corrected chi connectivity index (χ4v) is 9.48. The van der Waals surface area contributed by atoms with Crippen LogP contribution in [0, 0.1) is 0 Å². The number of carbonyl (C=O) groups excluding carboxylic acids is 1. The zero-order chi connectivity index (χ0) is 50.6. The molecule has 0 fully saturated rings. The number of rotatable bonds is 57. The van der Waals surface area contributed by atoms with E-state index < -0.39 is 12.1 Å². The van der Waals surface area contributed by atoms with Gasteiger partial charge < -0.3 is 15.5 Å². The maximum atomic E-state index is 12.5. The number of amides is 1. The molecule has 2 unspecified atom stereocenters. The summed E-state index contributed by atoms with van der Waals surface area (Å²) in [5, 5.41) is 23.1. The lowest BCUT2D eigenvalue weighted by molar-refractivity contribution is -0.123. The Labute approximate surface area is 438 Å². The summed E-state index contributed by atoms with van der Waals surface area (Å²) in [5.41, 5.74) is 0. The zero-order valence-corrected chi connectivity index (χ0v) is 47.0. The molecule has 408 valence electrons. The first kappa shape index (κ1) is 67.8. The molecular weight excluding hydrogens is 855 g/mol. The molecule has 0 aliphatic carbocycles. The number of allylic oxidation sites excluding steroid dienone is 11. The third-order valence-electron chi connectivity index (χ3n) is 14.2. The highest BCUT2D eigenvalue weighted by Gasteiger charge is 2.18. The van der Waals surface area contributed by atoms with Gasteiger partial charge in [0.15, 0.2) is 0 Å². The third kappa shape index (κ3) is 56.7. The molecule has 0 aliphatic heterocycles. The van der Waals surface area contributed by atoms with E-state index in [9.17, 15) is 15.0 Å². The third-order valence-corrected chi connectivity index (χ3v) is 14.2. The van der Waals surface area contributed by atoms with E-state index in [1.807, 2.05) is 6.08 Å². The Bertz CT molecular complexity index is 1200. The average molecular weight is 977 g/mol. The van der Waals surface area contributed by atoms with Crippen molar-refractivity contribution in [3.8, 4) is 0 Å². The number of unbranched alkanes of at least 4 members (excludes halogenated alkanes) is 40. The smallest absolute Gasteiger partial charge is 0.220 e. The van der Waals surface area contributed by atoms with Gasteiger partial charge in [-0.3, -0.25) is 4.79 Å². The van der Waals surface area contributed by atoms with Gasteiger partial charge in [-0.2, -0.15) is 0 Å². The van der Waals surface area contributed by atoms with Gasteiger partial charge in [-0.25, -0.2) is 0 Å². The Morgan fingerprint density at radius 1 is 0.357 bits per heavy atom. The van der Waals surface area contributed by atoms with Crippen LogP contribution in [0.3, 0.4) is 0 Å². The molecule has 0 aliphatic rings. The molecule has 4 nitrogen and oxygen atoms in total. The summed E-state index contributed by atoms with van der Waals surface area (Å²) in [5.74, 6) is -0.0691. The van der Waals surface area contributed by atoms with Gasteiger partial charge in [0.1, 0.15) is 0 Å². The van der Waals surface area contributed by atoms with E-state index in [1.165, 1.54) is 244 Å². The fourth-order valence-electron chi connectivity index (χ4n) is 9.48. The predicted molar refractivity (Wildman–Crippen MR) is 313 cm³/mol. The van der Waals surface area contributed by atoms with E-state index in [2.05, 4.69) is 79.9 Å². The van der Waals surface area contributed by atoms with Gasteiger partial charge in [0.05, 0.1) is 18.8 Å². The largest absolute Gasteiger partial charge is 0.394 e. The molecule has 0 aromatic heterocycles. The maximum absolute atomic E-state index is 12.5. The highest BCUT2D eigenvalue weighted by Crippen LogP contribution is 2.18. The van der Waals surface area contributed by atoms with Crippen molar-refractivity contribution in [3.05, 3.63) is 72.9 Å². The molecule has 0 aromatic rings. The molecule has 0 rings (SSSR count).